The number of hydrogen-bond acceptors (Lipinski definition) is 3. The number of hydroxylamine groups is 1. The molecule has 2 aromatic rings. The van der Waals surface area contributed by atoms with Crippen LogP contribution in [-0.4, -0.2) is 5.97 Å². The Kier molecular flexibility index (Phi) is 11.9. The summed E-state index contributed by atoms with van der Waals surface area (Å²) < 4.78 is 0. The van der Waals surface area contributed by atoms with Crippen LogP contribution < -0.4 is 5.48 Å². The monoisotopic (exact) mass is 403 g/mol. The third kappa shape index (κ3) is 9.64. The van der Waals surface area contributed by atoms with Crippen molar-refractivity contribution in [3.8, 4) is 23.7 Å². The largest absolute Gasteiger partial charge is 0.679 e. The molecule has 0 aliphatic rings. The third-order valence-electron chi connectivity index (χ3n) is 5.03. The molecule has 0 saturated carbocycles. The molecule has 0 heterocycles. The average molecular weight is 404 g/mol. The summed E-state index contributed by atoms with van der Waals surface area (Å²) in [6.45, 7) is 2.68. The number of unbranched alkanes of at least 4 members (excludes halogenated alkanes) is 9. The maximum Gasteiger partial charge on any atom is 0.679 e. The smallest absolute Gasteiger partial charge is 0.188 e. The van der Waals surface area contributed by atoms with Gasteiger partial charge < -0.3 is 0 Å². The molecule has 2 aromatic carbocycles. The topological polar surface area (TPSA) is 41.2 Å². The summed E-state index contributed by atoms with van der Waals surface area (Å²) in [5.41, 5.74) is 3.75. The predicted octanol–water partition coefficient (Wildman–Crippen LogP) is 6.32. The first-order chi connectivity index (χ1) is 14.8. The lowest BCUT2D eigenvalue weighted by atomic mass is 10.1. The molecule has 0 spiro atoms. The van der Waals surface area contributed by atoms with Gasteiger partial charge in [0.25, 0.3) is 0 Å². The fourth-order valence-electron chi connectivity index (χ4n) is 3.36. The van der Waals surface area contributed by atoms with E-state index in [1.165, 1.54) is 51.4 Å². The van der Waals surface area contributed by atoms with Crippen molar-refractivity contribution in [3.05, 3.63) is 48.0 Å². The van der Waals surface area contributed by atoms with Crippen LogP contribution in [-0.2, 0) is 16.2 Å². The first-order valence-electron chi connectivity index (χ1n) is 11.2. The highest BCUT2D eigenvalue weighted by atomic mass is 16.7. The van der Waals surface area contributed by atoms with Crippen LogP contribution in [0.25, 0.3) is 10.8 Å². The summed E-state index contributed by atoms with van der Waals surface area (Å²) in [5.74, 6) is 10.1. The van der Waals surface area contributed by atoms with Crippen molar-refractivity contribution >= 4 is 16.7 Å². The Hall–Kier alpha value is -2.75. The van der Waals surface area contributed by atoms with Crippen molar-refractivity contribution < 1.29 is 9.63 Å². The fourth-order valence-corrected chi connectivity index (χ4v) is 3.36. The Morgan fingerprint density at radius 2 is 1.57 bits per heavy atom. The molecule has 30 heavy (non-hydrogen) atoms. The first kappa shape index (κ1) is 23.5. The number of nitrogens with one attached hydrogen (secondary N) is 1. The summed E-state index contributed by atoms with van der Waals surface area (Å²) in [6.07, 6.45) is 12.5. The van der Waals surface area contributed by atoms with E-state index in [9.17, 15) is 4.79 Å². The molecule has 3 heteroatoms. The maximum atomic E-state index is 11.7. The zero-order chi connectivity index (χ0) is 21.3. The van der Waals surface area contributed by atoms with E-state index in [1.807, 2.05) is 24.3 Å². The number of carbonyl (C=O) groups is 1. The SMILES string of the molecule is CCCCCCCCCCCC#CC#CC(=[O+])ONCc1cccc2ccccc12. The molecule has 0 fully saturated rings. The molecule has 1 radical (unpaired) electrons. The molecule has 157 valence electrons. The summed E-state index contributed by atoms with van der Waals surface area (Å²) in [4.78, 5) is 16.6. The second kappa shape index (κ2) is 15.1. The Bertz CT molecular complexity index is 890. The Balaban J connectivity index is 1.55. The highest BCUT2D eigenvalue weighted by Crippen LogP contribution is 2.18. The normalized spacial score (nSPS) is 10.0. The van der Waals surface area contributed by atoms with Gasteiger partial charge in [-0.3, -0.25) is 0 Å². The molecule has 0 atom stereocenters. The van der Waals surface area contributed by atoms with Gasteiger partial charge in [-0.1, -0.05) is 107 Å². The molecule has 1 N–H and O–H groups in total. The van der Waals surface area contributed by atoms with Crippen molar-refractivity contribution in [2.75, 3.05) is 0 Å². The minimum absolute atomic E-state index is 0.430. The molecule has 0 amide bonds. The van der Waals surface area contributed by atoms with Gasteiger partial charge in [0.1, 0.15) is 5.92 Å². The molecular weight excluding hydrogens is 370 g/mol. The van der Waals surface area contributed by atoms with Gasteiger partial charge in [-0.2, -0.15) is 4.84 Å². The van der Waals surface area contributed by atoms with E-state index in [4.69, 9.17) is 4.84 Å². The van der Waals surface area contributed by atoms with Crippen molar-refractivity contribution in [1.82, 2.24) is 5.48 Å². The predicted molar refractivity (Wildman–Crippen MR) is 124 cm³/mol. The van der Waals surface area contributed by atoms with Crippen LogP contribution in [0.15, 0.2) is 42.5 Å². The van der Waals surface area contributed by atoms with Gasteiger partial charge in [-0.25, -0.2) is 0 Å². The molecule has 0 aliphatic carbocycles. The second-order valence-corrected chi connectivity index (χ2v) is 7.48. The van der Waals surface area contributed by atoms with Crippen LogP contribution in [0.2, 0.25) is 0 Å². The molecule has 0 unspecified atom stereocenters. The molecule has 0 aromatic heterocycles. The van der Waals surface area contributed by atoms with Crippen molar-refractivity contribution in [2.45, 2.75) is 77.7 Å². The molecule has 0 saturated heterocycles. The molecule has 2 rings (SSSR count). The number of carbonyl (C=O) groups excluding carboxylic acids is 1. The Morgan fingerprint density at radius 1 is 0.867 bits per heavy atom. The lowest BCUT2D eigenvalue weighted by Gasteiger charge is -2.03. The van der Waals surface area contributed by atoms with E-state index in [1.54, 1.807) is 0 Å². The highest BCUT2D eigenvalue weighted by molar-refractivity contribution is 5.89. The lowest BCUT2D eigenvalue weighted by molar-refractivity contribution is -0.144. The quantitative estimate of drug-likeness (QED) is 0.195. The number of benzene rings is 2. The van der Waals surface area contributed by atoms with Crippen LogP contribution in [0.1, 0.15) is 76.7 Å². The van der Waals surface area contributed by atoms with E-state index in [0.717, 1.165) is 29.2 Å². The van der Waals surface area contributed by atoms with Crippen LogP contribution in [0.3, 0.4) is 0 Å². The minimum atomic E-state index is -0.618. The summed E-state index contributed by atoms with van der Waals surface area (Å²) in [7, 11) is 0. The molecule has 3 nitrogen and oxygen atoms in total. The average Bonchev–Trinajstić information content (AvgIpc) is 2.77. The van der Waals surface area contributed by atoms with Crippen molar-refractivity contribution in [1.29, 1.82) is 0 Å². The summed E-state index contributed by atoms with van der Waals surface area (Å²) >= 11 is 0. The van der Waals surface area contributed by atoms with E-state index >= 15 is 0 Å². The van der Waals surface area contributed by atoms with Crippen LogP contribution in [0.5, 0.6) is 0 Å². The highest BCUT2D eigenvalue weighted by Gasteiger charge is 2.13. The molecule has 0 bridgehead atoms. The van der Waals surface area contributed by atoms with Crippen LogP contribution in [0.4, 0.5) is 0 Å². The van der Waals surface area contributed by atoms with E-state index in [2.05, 4.69) is 54.3 Å². The van der Waals surface area contributed by atoms with Gasteiger partial charge in [0.15, 0.2) is 0 Å². The van der Waals surface area contributed by atoms with Gasteiger partial charge >= 0.3 is 5.97 Å². The molecular formula is C27H33NO2+. The van der Waals surface area contributed by atoms with Crippen LogP contribution in [0, 0.1) is 23.7 Å². The summed E-state index contributed by atoms with van der Waals surface area (Å²) in [6, 6.07) is 14.2. The Labute approximate surface area is 181 Å². The number of rotatable bonds is 12. The fraction of sp³-hybridized carbons (Fsp3) is 0.444. The lowest BCUT2D eigenvalue weighted by Crippen LogP contribution is -2.18. The van der Waals surface area contributed by atoms with Crippen LogP contribution >= 0.6 is 0 Å². The second-order valence-electron chi connectivity index (χ2n) is 7.48. The first-order valence-corrected chi connectivity index (χ1v) is 11.2. The zero-order valence-electron chi connectivity index (χ0n) is 18.1. The van der Waals surface area contributed by atoms with E-state index < -0.39 is 5.97 Å². The minimum Gasteiger partial charge on any atom is -0.188 e. The molecule has 0 aliphatic heterocycles. The van der Waals surface area contributed by atoms with Crippen molar-refractivity contribution in [2.24, 2.45) is 0 Å². The zero-order valence-corrected chi connectivity index (χ0v) is 18.1. The van der Waals surface area contributed by atoms with Gasteiger partial charge in [-0.15, -0.1) is 0 Å². The van der Waals surface area contributed by atoms with Crippen molar-refractivity contribution in [3.63, 3.8) is 0 Å². The third-order valence-corrected chi connectivity index (χ3v) is 5.03. The van der Waals surface area contributed by atoms with Gasteiger partial charge in [-0.05, 0) is 34.2 Å². The van der Waals surface area contributed by atoms with E-state index in [-0.39, 0.29) is 0 Å². The van der Waals surface area contributed by atoms with E-state index in [0.29, 0.717) is 6.54 Å². The number of hydrogen-bond donors (Lipinski definition) is 1. The van der Waals surface area contributed by atoms with Gasteiger partial charge in [0.05, 0.1) is 11.3 Å². The maximum absolute atomic E-state index is 11.7. The van der Waals surface area contributed by atoms with Gasteiger partial charge in [0, 0.05) is 12.3 Å². The number of fused-ring (bicyclic) bond motifs is 1. The van der Waals surface area contributed by atoms with Gasteiger partial charge in [0.2, 0.25) is 0 Å². The Morgan fingerprint density at radius 3 is 2.37 bits per heavy atom. The standard InChI is InChI=1S/C27H33NO2/c1-2-3-4-5-6-7-8-9-10-11-12-13-14-22-27(29)30-28-23-25-20-17-19-24-18-15-16-21-26(24)25/h15-21,28H,2-11,23H2,1H3/q+1. The summed E-state index contributed by atoms with van der Waals surface area (Å²) in [5, 5.41) is 2.29.